The molecule has 4 N–H and O–H groups in total. The Balaban J connectivity index is 1.54. The van der Waals surface area contributed by atoms with Gasteiger partial charge in [-0.15, -0.1) is 0 Å². The third-order valence-electron chi connectivity index (χ3n) is 6.34. The summed E-state index contributed by atoms with van der Waals surface area (Å²) in [5, 5.41) is 11.7. The van der Waals surface area contributed by atoms with Gasteiger partial charge in [-0.2, -0.15) is 0 Å². The van der Waals surface area contributed by atoms with Gasteiger partial charge in [-0.1, -0.05) is 18.2 Å². The van der Waals surface area contributed by atoms with E-state index in [9.17, 15) is 18.8 Å². The smallest absolute Gasteiger partial charge is 0.321 e. The van der Waals surface area contributed by atoms with Crippen molar-refractivity contribution in [2.24, 2.45) is 11.7 Å². The van der Waals surface area contributed by atoms with Crippen LogP contribution in [0.3, 0.4) is 0 Å². The van der Waals surface area contributed by atoms with Gasteiger partial charge in [0.1, 0.15) is 24.2 Å². The van der Waals surface area contributed by atoms with E-state index in [4.69, 9.17) is 20.3 Å². The summed E-state index contributed by atoms with van der Waals surface area (Å²) in [5.41, 5.74) is 8.48. The maximum absolute atomic E-state index is 14.0. The highest BCUT2D eigenvalue weighted by Gasteiger charge is 2.24. The van der Waals surface area contributed by atoms with Crippen LogP contribution >= 0.6 is 0 Å². The number of nitrogens with two attached hydrogens (primary N) is 1. The average Bonchev–Trinajstić information content (AvgIpc) is 3.76. The zero-order valence-electron chi connectivity index (χ0n) is 21.5. The van der Waals surface area contributed by atoms with E-state index in [-0.39, 0.29) is 19.0 Å². The monoisotopic (exact) mass is 535 g/mol. The highest BCUT2D eigenvalue weighted by Crippen LogP contribution is 2.32. The molecule has 0 bridgehead atoms. The minimum atomic E-state index is -1.36. The zero-order valence-corrected chi connectivity index (χ0v) is 21.5. The van der Waals surface area contributed by atoms with Crippen LogP contribution in [0, 0.1) is 18.7 Å². The number of hydrogen-bond acceptors (Lipinski definition) is 7. The molecule has 2 aromatic carbocycles. The Morgan fingerprint density at radius 3 is 2.69 bits per heavy atom. The van der Waals surface area contributed by atoms with Crippen molar-refractivity contribution >= 4 is 17.8 Å². The molecule has 1 heterocycles. The van der Waals surface area contributed by atoms with Crippen LogP contribution in [-0.2, 0) is 27.5 Å². The first kappa shape index (κ1) is 27.7. The van der Waals surface area contributed by atoms with Crippen LogP contribution in [0.1, 0.15) is 46.3 Å². The molecule has 4 rings (SSSR count). The molecule has 10 heteroatoms. The average molecular weight is 536 g/mol. The third-order valence-corrected chi connectivity index (χ3v) is 6.34. The normalized spacial score (nSPS) is 13.4. The Morgan fingerprint density at radius 1 is 1.18 bits per heavy atom. The maximum Gasteiger partial charge on any atom is 0.321 e. The summed E-state index contributed by atoms with van der Waals surface area (Å²) in [6, 6.07) is 12.0. The first-order valence-electron chi connectivity index (χ1n) is 12.6. The van der Waals surface area contributed by atoms with E-state index in [2.05, 4.69) is 10.3 Å². The Hall–Kier alpha value is -4.31. The summed E-state index contributed by atoms with van der Waals surface area (Å²) >= 11 is 0. The van der Waals surface area contributed by atoms with Crippen LogP contribution in [-0.4, -0.2) is 40.6 Å². The molecule has 1 fully saturated rings. The van der Waals surface area contributed by atoms with Crippen molar-refractivity contribution < 1.29 is 33.4 Å². The van der Waals surface area contributed by atoms with Crippen molar-refractivity contribution in [1.82, 2.24) is 10.3 Å². The lowest BCUT2D eigenvalue weighted by Crippen LogP contribution is -2.33. The number of carboxylic acid groups (broad SMARTS) is 1. The molecule has 3 aromatic rings. The molecular weight excluding hydrogens is 505 g/mol. The number of halogens is 1. The van der Waals surface area contributed by atoms with Gasteiger partial charge in [-0.3, -0.25) is 19.4 Å². The first-order chi connectivity index (χ1) is 18.7. The van der Waals surface area contributed by atoms with Gasteiger partial charge in [0, 0.05) is 23.9 Å². The number of hydrogen-bond donors (Lipinski definition) is 3. The number of nitrogens with one attached hydrogen (secondary N) is 1. The number of esters is 1. The van der Waals surface area contributed by atoms with E-state index in [1.54, 1.807) is 55.6 Å². The lowest BCUT2D eigenvalue weighted by atomic mass is 10.0. The fraction of sp³-hybridized carbons (Fsp3) is 0.310. The number of aliphatic carboxylic acids is 1. The zero-order chi connectivity index (χ0) is 27.9. The number of nitrogens with zero attached hydrogens (tertiary/aromatic N) is 1. The van der Waals surface area contributed by atoms with Crippen molar-refractivity contribution in [2.45, 2.75) is 45.4 Å². The second-order valence-corrected chi connectivity index (χ2v) is 9.55. The Kier molecular flexibility index (Phi) is 8.88. The largest absolute Gasteiger partial charge is 0.492 e. The number of carbonyl (C=O) groups is 3. The minimum absolute atomic E-state index is 0.131. The molecule has 1 atom stereocenters. The van der Waals surface area contributed by atoms with E-state index in [0.717, 1.165) is 12.8 Å². The molecule has 9 nitrogen and oxygen atoms in total. The molecule has 0 saturated heterocycles. The molecule has 1 saturated carbocycles. The second-order valence-electron chi connectivity index (χ2n) is 9.55. The Labute approximate surface area is 225 Å². The lowest BCUT2D eigenvalue weighted by molar-refractivity contribution is -0.149. The molecule has 0 unspecified atom stereocenters. The van der Waals surface area contributed by atoms with Crippen molar-refractivity contribution in [3.63, 3.8) is 0 Å². The van der Waals surface area contributed by atoms with Gasteiger partial charge in [0.2, 0.25) is 0 Å². The summed E-state index contributed by atoms with van der Waals surface area (Å²) in [4.78, 5) is 40.6. The Morgan fingerprint density at radius 2 is 1.97 bits per heavy atom. The molecule has 1 amide bonds. The first-order valence-corrected chi connectivity index (χ1v) is 12.6. The summed E-state index contributed by atoms with van der Waals surface area (Å²) < 4.78 is 25.1. The molecule has 0 aliphatic heterocycles. The fourth-order valence-corrected chi connectivity index (χ4v) is 3.80. The van der Waals surface area contributed by atoms with E-state index < -0.39 is 30.3 Å². The molecular formula is C29H30FN3O6. The number of carboxylic acids is 1. The number of pyridine rings is 1. The van der Waals surface area contributed by atoms with Crippen molar-refractivity contribution in [3.8, 4) is 17.0 Å². The van der Waals surface area contributed by atoms with Gasteiger partial charge in [-0.05, 0) is 67.1 Å². The number of ether oxygens (including phenoxy) is 2. The van der Waals surface area contributed by atoms with Gasteiger partial charge < -0.3 is 25.6 Å². The van der Waals surface area contributed by atoms with Gasteiger partial charge in [0.15, 0.2) is 0 Å². The van der Waals surface area contributed by atoms with E-state index in [0.29, 0.717) is 51.8 Å². The van der Waals surface area contributed by atoms with Crippen LogP contribution in [0.25, 0.3) is 11.3 Å². The maximum atomic E-state index is 14.0. The molecule has 204 valence electrons. The molecule has 0 spiro atoms. The SMILES string of the molecule is Cc1ccc(CNC(=O)c2cc(-c3ncccc3COC(=O)C[C@@H](N)C(=O)O)ccc2OCC2CC2)cc1F. The topological polar surface area (TPSA) is 141 Å². The summed E-state index contributed by atoms with van der Waals surface area (Å²) in [5.74, 6) is -1.89. The lowest BCUT2D eigenvalue weighted by Gasteiger charge is -2.15. The van der Waals surface area contributed by atoms with Crippen LogP contribution in [0.5, 0.6) is 5.75 Å². The van der Waals surface area contributed by atoms with Gasteiger partial charge >= 0.3 is 11.9 Å². The van der Waals surface area contributed by atoms with E-state index >= 15 is 0 Å². The highest BCUT2D eigenvalue weighted by atomic mass is 19.1. The van der Waals surface area contributed by atoms with Gasteiger partial charge in [0.05, 0.1) is 24.3 Å². The fourth-order valence-electron chi connectivity index (χ4n) is 3.80. The van der Waals surface area contributed by atoms with Crippen LogP contribution in [0.4, 0.5) is 4.39 Å². The van der Waals surface area contributed by atoms with Crippen molar-refractivity contribution in [1.29, 1.82) is 0 Å². The highest BCUT2D eigenvalue weighted by molar-refractivity contribution is 5.98. The number of carbonyl (C=O) groups excluding carboxylic acids is 2. The van der Waals surface area contributed by atoms with Gasteiger partial charge in [0.25, 0.3) is 5.91 Å². The number of rotatable bonds is 12. The molecule has 1 aliphatic carbocycles. The number of benzene rings is 2. The van der Waals surface area contributed by atoms with E-state index in [1.165, 1.54) is 6.07 Å². The minimum Gasteiger partial charge on any atom is -0.492 e. The second kappa shape index (κ2) is 12.5. The predicted octanol–water partition coefficient (Wildman–Crippen LogP) is 3.76. The standard InChI is InChI=1S/C29H30FN3O6/c1-17-4-5-19(11-23(17)30)14-33-28(35)22-12-20(8-9-25(22)38-15-18-6-7-18)27-21(3-2-10-32-27)16-39-26(34)13-24(31)29(36)37/h2-5,8-12,18,24H,6-7,13-16,31H2,1H3,(H,33,35)(H,36,37)/t24-/m1/s1. The van der Waals surface area contributed by atoms with Crippen LogP contribution in [0.2, 0.25) is 0 Å². The van der Waals surface area contributed by atoms with Gasteiger partial charge in [-0.25, -0.2) is 4.39 Å². The van der Waals surface area contributed by atoms with Crippen molar-refractivity contribution in [2.75, 3.05) is 6.61 Å². The predicted molar refractivity (Wildman–Crippen MR) is 140 cm³/mol. The van der Waals surface area contributed by atoms with Crippen LogP contribution in [0.15, 0.2) is 54.7 Å². The number of amides is 1. The van der Waals surface area contributed by atoms with E-state index in [1.807, 2.05) is 0 Å². The quantitative estimate of drug-likeness (QED) is 0.298. The Bertz CT molecular complexity index is 1370. The number of aromatic nitrogens is 1. The summed E-state index contributed by atoms with van der Waals surface area (Å²) in [6.45, 7) is 2.15. The summed E-state index contributed by atoms with van der Waals surface area (Å²) in [6.07, 6.45) is 3.29. The molecule has 1 aromatic heterocycles. The molecule has 39 heavy (non-hydrogen) atoms. The third kappa shape index (κ3) is 7.61. The summed E-state index contributed by atoms with van der Waals surface area (Å²) in [7, 11) is 0. The molecule has 1 aliphatic rings. The number of aryl methyl sites for hydroxylation is 1. The van der Waals surface area contributed by atoms with Crippen LogP contribution < -0.4 is 15.8 Å². The molecule has 0 radical (unpaired) electrons. The van der Waals surface area contributed by atoms with Crippen molar-refractivity contribution in [3.05, 3.63) is 82.8 Å².